The van der Waals surface area contributed by atoms with Gasteiger partial charge in [0.15, 0.2) is 0 Å². The van der Waals surface area contributed by atoms with Crippen molar-refractivity contribution in [2.45, 2.75) is 0 Å². The molecule has 192 valence electrons. The normalized spacial score (nSPS) is 11.4. The summed E-state index contributed by atoms with van der Waals surface area (Å²) in [6.45, 7) is 0. The van der Waals surface area contributed by atoms with Crippen molar-refractivity contribution in [1.82, 2.24) is 9.13 Å². The third-order valence-corrected chi connectivity index (χ3v) is 7.92. The summed E-state index contributed by atoms with van der Waals surface area (Å²) >= 11 is 0. The summed E-state index contributed by atoms with van der Waals surface area (Å²) in [7, 11) is 3.66. The van der Waals surface area contributed by atoms with E-state index in [2.05, 4.69) is 24.3 Å². The van der Waals surface area contributed by atoms with Crippen molar-refractivity contribution in [2.24, 2.45) is 14.1 Å². The molecule has 0 radical (unpaired) electrons. The Morgan fingerprint density at radius 3 is 1.18 bits per heavy atom. The summed E-state index contributed by atoms with van der Waals surface area (Å²) < 4.78 is 3.48. The quantitative estimate of drug-likeness (QED) is 0.207. The molecule has 0 aliphatic rings. The maximum absolute atomic E-state index is 14.1. The fourth-order valence-electron chi connectivity index (χ4n) is 5.93. The summed E-state index contributed by atoms with van der Waals surface area (Å²) in [6, 6.07) is 39.8. The number of rotatable bonds is 0. The number of hydrogen-bond donors (Lipinski definition) is 0. The fraction of sp³-hybridized carbons (Fsp3) is 0.0556. The summed E-state index contributed by atoms with van der Waals surface area (Å²) in [5.41, 5.74) is 1.43. The van der Waals surface area contributed by atoms with E-state index in [4.69, 9.17) is 0 Å². The molecule has 0 unspecified atom stereocenters. The van der Waals surface area contributed by atoms with Gasteiger partial charge in [-0.3, -0.25) is 9.59 Å². The molecular weight excluding hydrogens is 492 g/mol. The van der Waals surface area contributed by atoms with Crippen molar-refractivity contribution in [2.75, 3.05) is 0 Å². The zero-order valence-corrected chi connectivity index (χ0v) is 22.3. The lowest BCUT2D eigenvalue weighted by Crippen LogP contribution is -2.16. The smallest absolute Gasteiger partial charge is 0.258 e. The summed E-state index contributed by atoms with van der Waals surface area (Å²) in [4.78, 5) is 28.2. The third-order valence-electron chi connectivity index (χ3n) is 7.92. The van der Waals surface area contributed by atoms with Crippen molar-refractivity contribution >= 4 is 64.9 Å². The molecule has 0 atom stereocenters. The molecule has 0 aliphatic heterocycles. The molecule has 1 aromatic heterocycles. The molecule has 1 heterocycles. The van der Waals surface area contributed by atoms with Gasteiger partial charge < -0.3 is 9.13 Å². The minimum Gasteiger partial charge on any atom is -0.310 e. The first-order valence-electron chi connectivity index (χ1n) is 13.3. The highest BCUT2D eigenvalue weighted by atomic mass is 16.1. The zero-order chi connectivity index (χ0) is 27.4. The number of aryl methyl sites for hydroxylation is 2. The Kier molecular flexibility index (Phi) is 5.49. The van der Waals surface area contributed by atoms with Gasteiger partial charge in [-0.05, 0) is 45.8 Å². The summed E-state index contributed by atoms with van der Waals surface area (Å²) in [5.74, 6) is 0. The molecule has 0 saturated heterocycles. The van der Waals surface area contributed by atoms with Crippen LogP contribution in [0.25, 0.3) is 64.9 Å². The molecule has 0 aliphatic carbocycles. The highest BCUT2D eigenvalue weighted by molar-refractivity contribution is 6.12. The number of fused-ring (bicyclic) bond motifs is 12. The number of hydrogen-bond acceptors (Lipinski definition) is 2. The van der Waals surface area contributed by atoms with Crippen molar-refractivity contribution in [3.8, 4) is 0 Å². The SMILES string of the molecule is Cn1c(=O)c2cccc(c2)c2ccc3ccccc3c2n(C)c(=O)c2cccc(c2)c2ccc3ccccc3c21. The Balaban J connectivity index is 1.86. The van der Waals surface area contributed by atoms with Crippen molar-refractivity contribution in [1.29, 1.82) is 0 Å². The van der Waals surface area contributed by atoms with Crippen molar-refractivity contribution in [3.63, 3.8) is 0 Å². The average Bonchev–Trinajstić information content (AvgIpc) is 3.02. The standard InChI is InChI=1S/C36H26N2O2/c1-37-33-29-15-5-3-9-23(29)17-19-31(33)25-11-8-14-28(22-25)36(40)38(2)34-30-16-6-4-10-24(30)18-20-32(34)26-12-7-13-27(21-26)35(37)39/h3-22H,1-2H3. The van der Waals surface area contributed by atoms with Gasteiger partial charge in [0.2, 0.25) is 0 Å². The lowest BCUT2D eigenvalue weighted by molar-refractivity contribution is 0.923. The van der Waals surface area contributed by atoms with Crippen molar-refractivity contribution < 1.29 is 0 Å². The summed E-state index contributed by atoms with van der Waals surface area (Å²) in [5, 5.41) is 8.75. The van der Waals surface area contributed by atoms with Crippen LogP contribution in [0, 0.1) is 0 Å². The lowest BCUT2D eigenvalue weighted by atomic mass is 10.0. The molecular formula is C36H26N2O2. The van der Waals surface area contributed by atoms with E-state index in [1.807, 2.05) is 111 Å². The van der Waals surface area contributed by atoms with E-state index < -0.39 is 0 Å². The molecule has 40 heavy (non-hydrogen) atoms. The Morgan fingerprint density at radius 2 is 0.725 bits per heavy atom. The summed E-state index contributed by atoms with van der Waals surface area (Å²) in [6.07, 6.45) is 0. The van der Waals surface area contributed by atoms with Gasteiger partial charge in [0, 0.05) is 46.4 Å². The molecule has 0 amide bonds. The Morgan fingerprint density at radius 1 is 0.375 bits per heavy atom. The number of nitrogens with zero attached hydrogens (tertiary/aromatic N) is 2. The monoisotopic (exact) mass is 518 g/mol. The van der Waals surface area contributed by atoms with Gasteiger partial charge >= 0.3 is 0 Å². The van der Waals surface area contributed by atoms with Crippen LogP contribution in [0.1, 0.15) is 0 Å². The van der Waals surface area contributed by atoms with Crippen LogP contribution < -0.4 is 11.1 Å². The largest absolute Gasteiger partial charge is 0.310 e. The second-order valence-electron chi connectivity index (χ2n) is 10.3. The van der Waals surface area contributed by atoms with Gasteiger partial charge in [0.25, 0.3) is 11.1 Å². The van der Waals surface area contributed by atoms with Crippen LogP contribution >= 0.6 is 0 Å². The minimum absolute atomic E-state index is 0.0977. The van der Waals surface area contributed by atoms with Crippen LogP contribution in [0.4, 0.5) is 0 Å². The maximum atomic E-state index is 14.1. The molecule has 4 heteroatoms. The molecule has 4 nitrogen and oxygen atoms in total. The van der Waals surface area contributed by atoms with Gasteiger partial charge in [-0.2, -0.15) is 0 Å². The van der Waals surface area contributed by atoms with Gasteiger partial charge in [-0.15, -0.1) is 0 Å². The van der Waals surface area contributed by atoms with Crippen LogP contribution in [-0.4, -0.2) is 9.13 Å². The molecule has 0 fully saturated rings. The maximum Gasteiger partial charge on any atom is 0.258 e. The van der Waals surface area contributed by atoms with Gasteiger partial charge in [-0.1, -0.05) is 97.1 Å². The molecule has 4 bridgehead atoms. The molecule has 0 saturated carbocycles. The first kappa shape index (κ1) is 23.9. The van der Waals surface area contributed by atoms with Crippen LogP contribution in [0.15, 0.2) is 131 Å². The molecule has 7 aromatic rings. The average molecular weight is 519 g/mol. The topological polar surface area (TPSA) is 44.0 Å². The first-order chi connectivity index (χ1) is 19.5. The van der Waals surface area contributed by atoms with E-state index in [-0.39, 0.29) is 11.1 Å². The first-order valence-corrected chi connectivity index (χ1v) is 13.3. The Hall–Kier alpha value is -5.22. The molecule has 7 rings (SSSR count). The molecule has 6 aromatic carbocycles. The van der Waals surface area contributed by atoms with E-state index in [9.17, 15) is 9.59 Å². The highest BCUT2D eigenvalue weighted by Crippen LogP contribution is 2.28. The van der Waals surface area contributed by atoms with E-state index in [0.717, 1.165) is 54.1 Å². The molecule has 0 N–H and O–H groups in total. The van der Waals surface area contributed by atoms with Crippen LogP contribution in [-0.2, 0) is 14.1 Å². The zero-order valence-electron chi connectivity index (χ0n) is 22.3. The number of aromatic nitrogens is 2. The van der Waals surface area contributed by atoms with Gasteiger partial charge in [-0.25, -0.2) is 0 Å². The lowest BCUT2D eigenvalue weighted by Gasteiger charge is -2.10. The molecule has 0 spiro atoms. The van der Waals surface area contributed by atoms with Gasteiger partial charge in [0.1, 0.15) is 0 Å². The Bertz CT molecular complexity index is 2230. The second kappa shape index (κ2) is 9.21. The van der Waals surface area contributed by atoms with Crippen LogP contribution in [0.3, 0.4) is 0 Å². The van der Waals surface area contributed by atoms with Crippen molar-refractivity contribution in [3.05, 3.63) is 142 Å². The van der Waals surface area contributed by atoms with Gasteiger partial charge in [0.05, 0.1) is 11.0 Å². The predicted molar refractivity (Wildman–Crippen MR) is 168 cm³/mol. The van der Waals surface area contributed by atoms with E-state index in [0.29, 0.717) is 10.8 Å². The predicted octanol–water partition coefficient (Wildman–Crippen LogP) is 7.69. The Labute approximate surface area is 229 Å². The number of benzene rings is 6. The van der Waals surface area contributed by atoms with Crippen LogP contribution in [0.2, 0.25) is 0 Å². The highest BCUT2D eigenvalue weighted by Gasteiger charge is 2.09. The third kappa shape index (κ3) is 3.69. The van der Waals surface area contributed by atoms with E-state index in [1.165, 1.54) is 0 Å². The van der Waals surface area contributed by atoms with Crippen LogP contribution in [0.5, 0.6) is 0 Å². The van der Waals surface area contributed by atoms with E-state index in [1.54, 1.807) is 9.13 Å². The van der Waals surface area contributed by atoms with E-state index >= 15 is 0 Å². The fourth-order valence-corrected chi connectivity index (χ4v) is 5.93. The minimum atomic E-state index is -0.0977. The second-order valence-corrected chi connectivity index (χ2v) is 10.3.